The Labute approximate surface area is 229 Å². The molecule has 4 rings (SSSR count). The van der Waals surface area contributed by atoms with Gasteiger partial charge >= 0.3 is 6.18 Å². The Morgan fingerprint density at radius 3 is 2.35 bits per heavy atom. The molecule has 0 saturated carbocycles. The number of amides is 1. The van der Waals surface area contributed by atoms with Crippen LogP contribution in [0.5, 0.6) is 0 Å². The number of aromatic nitrogens is 3. The first-order valence-electron chi connectivity index (χ1n) is 12.8. The lowest BCUT2D eigenvalue weighted by Crippen LogP contribution is -2.31. The molecule has 1 N–H and O–H groups in total. The van der Waals surface area contributed by atoms with Crippen LogP contribution in [-0.2, 0) is 12.7 Å². The summed E-state index contributed by atoms with van der Waals surface area (Å²) in [6, 6.07) is 15.1. The first-order valence-corrected chi connectivity index (χ1v) is 12.8. The zero-order chi connectivity index (χ0) is 28.9. The molecule has 0 aliphatic rings. The lowest BCUT2D eigenvalue weighted by atomic mass is 10.1. The van der Waals surface area contributed by atoms with Gasteiger partial charge in [-0.1, -0.05) is 24.3 Å². The molecule has 0 aliphatic carbocycles. The van der Waals surface area contributed by atoms with E-state index in [2.05, 4.69) is 16.4 Å². The first kappa shape index (κ1) is 28.6. The van der Waals surface area contributed by atoms with Crippen molar-refractivity contribution < 1.29 is 18.0 Å². The number of benzene rings is 2. The van der Waals surface area contributed by atoms with E-state index in [-0.39, 0.29) is 11.5 Å². The minimum Gasteiger partial charge on any atom is -0.351 e. The molecular weight excluding hydrogens is 521 g/mol. The fraction of sp³-hybridized carbons (Fsp3) is 0.310. The average Bonchev–Trinajstić information content (AvgIpc) is 3.38. The standard InChI is InChI=1S/C29H29F3N6O2/c1-36(2)17-15-34-27(40)22-8-6-21(7-9-22)25-18-26(39)38-19-24(20-10-12-23(13-11-20)29(30,31)32)35-28(38)37(25)16-5-3-4-14-33/h6-13,18-19H,3-5,15-17H2,1-2H3,(H,34,40). The van der Waals surface area contributed by atoms with Crippen molar-refractivity contribution in [1.82, 2.24) is 24.2 Å². The number of carbonyl (C=O) groups excluding carboxylic acids is 1. The van der Waals surface area contributed by atoms with Gasteiger partial charge in [0, 0.05) is 49.4 Å². The molecule has 40 heavy (non-hydrogen) atoms. The van der Waals surface area contributed by atoms with Crippen molar-refractivity contribution in [3.63, 3.8) is 0 Å². The summed E-state index contributed by atoms with van der Waals surface area (Å²) in [6.45, 7) is 1.67. The summed E-state index contributed by atoms with van der Waals surface area (Å²) >= 11 is 0. The highest BCUT2D eigenvalue weighted by atomic mass is 19.4. The molecule has 0 saturated heterocycles. The monoisotopic (exact) mass is 550 g/mol. The molecule has 0 bridgehead atoms. The zero-order valence-corrected chi connectivity index (χ0v) is 22.2. The second-order valence-corrected chi connectivity index (χ2v) is 9.64. The summed E-state index contributed by atoms with van der Waals surface area (Å²) in [7, 11) is 3.84. The summed E-state index contributed by atoms with van der Waals surface area (Å²) < 4.78 is 42.3. The maximum Gasteiger partial charge on any atom is 0.416 e. The number of fused-ring (bicyclic) bond motifs is 1. The highest BCUT2D eigenvalue weighted by Crippen LogP contribution is 2.31. The van der Waals surface area contributed by atoms with Crippen LogP contribution in [0.15, 0.2) is 65.6 Å². The van der Waals surface area contributed by atoms with Crippen molar-refractivity contribution in [2.75, 3.05) is 27.2 Å². The molecule has 208 valence electrons. The molecule has 2 heterocycles. The van der Waals surface area contributed by atoms with Gasteiger partial charge in [-0.2, -0.15) is 18.4 Å². The van der Waals surface area contributed by atoms with Crippen molar-refractivity contribution in [3.05, 3.63) is 82.3 Å². The van der Waals surface area contributed by atoms with Gasteiger partial charge in [-0.3, -0.25) is 14.0 Å². The number of imidazole rings is 1. The number of nitrogens with zero attached hydrogens (tertiary/aromatic N) is 5. The van der Waals surface area contributed by atoms with E-state index in [9.17, 15) is 22.8 Å². The van der Waals surface area contributed by atoms with Gasteiger partial charge in [0.25, 0.3) is 11.5 Å². The van der Waals surface area contributed by atoms with Gasteiger partial charge < -0.3 is 14.8 Å². The number of likely N-dealkylation sites (N-methyl/N-ethyl adjacent to an activating group) is 1. The molecule has 11 heteroatoms. The SMILES string of the molecule is CN(C)CCNC(=O)c1ccc(-c2cc(=O)n3cc(-c4ccc(C(F)(F)F)cc4)nc3n2CCCCC#N)cc1. The minimum absolute atomic E-state index is 0.202. The number of nitriles is 1. The Hall–Kier alpha value is -4.43. The van der Waals surface area contributed by atoms with Crippen LogP contribution in [-0.4, -0.2) is 51.9 Å². The van der Waals surface area contributed by atoms with Gasteiger partial charge in [-0.15, -0.1) is 0 Å². The molecular formula is C29H29F3N6O2. The molecule has 2 aromatic heterocycles. The van der Waals surface area contributed by atoms with Crippen LogP contribution in [0.3, 0.4) is 0 Å². The fourth-order valence-electron chi connectivity index (χ4n) is 4.29. The van der Waals surface area contributed by atoms with Crippen molar-refractivity contribution in [1.29, 1.82) is 5.26 Å². The normalized spacial score (nSPS) is 11.6. The first-order chi connectivity index (χ1) is 19.1. The van der Waals surface area contributed by atoms with E-state index in [1.807, 2.05) is 23.6 Å². The molecule has 2 aromatic carbocycles. The van der Waals surface area contributed by atoms with E-state index in [0.29, 0.717) is 72.8 Å². The summed E-state index contributed by atoms with van der Waals surface area (Å²) in [6.07, 6.45) is -1.27. The molecule has 0 unspecified atom stereocenters. The summed E-state index contributed by atoms with van der Waals surface area (Å²) in [5.41, 5.74) is 1.44. The molecule has 0 spiro atoms. The summed E-state index contributed by atoms with van der Waals surface area (Å²) in [5.74, 6) is 0.132. The molecule has 4 aromatic rings. The largest absolute Gasteiger partial charge is 0.416 e. The van der Waals surface area contributed by atoms with Crippen molar-refractivity contribution in [2.45, 2.75) is 32.0 Å². The maximum atomic E-state index is 13.1. The van der Waals surface area contributed by atoms with Crippen LogP contribution in [0.1, 0.15) is 35.2 Å². The minimum atomic E-state index is -4.45. The van der Waals surface area contributed by atoms with Crippen molar-refractivity contribution in [3.8, 4) is 28.6 Å². The predicted octanol–water partition coefficient (Wildman–Crippen LogP) is 4.83. The average molecular weight is 551 g/mol. The van der Waals surface area contributed by atoms with Crippen molar-refractivity contribution >= 4 is 11.7 Å². The van der Waals surface area contributed by atoms with Crippen LogP contribution in [0.25, 0.3) is 28.3 Å². The van der Waals surface area contributed by atoms with E-state index in [1.165, 1.54) is 28.8 Å². The van der Waals surface area contributed by atoms with E-state index in [0.717, 1.165) is 12.1 Å². The summed E-state index contributed by atoms with van der Waals surface area (Å²) in [5, 5.41) is 11.8. The Morgan fingerprint density at radius 2 is 1.73 bits per heavy atom. The van der Waals surface area contributed by atoms with Crippen LogP contribution < -0.4 is 10.9 Å². The van der Waals surface area contributed by atoms with Crippen molar-refractivity contribution in [2.24, 2.45) is 0 Å². The zero-order valence-electron chi connectivity index (χ0n) is 22.2. The van der Waals surface area contributed by atoms with Gasteiger partial charge in [-0.25, -0.2) is 4.98 Å². The molecule has 0 fully saturated rings. The van der Waals surface area contributed by atoms with Gasteiger partial charge in [0.2, 0.25) is 5.78 Å². The third-order valence-corrected chi connectivity index (χ3v) is 6.43. The van der Waals surface area contributed by atoms with Gasteiger partial charge in [0.15, 0.2) is 0 Å². The van der Waals surface area contributed by atoms with E-state index >= 15 is 0 Å². The third-order valence-electron chi connectivity index (χ3n) is 6.43. The van der Waals surface area contributed by atoms with Gasteiger partial charge in [-0.05, 0) is 56.8 Å². The Bertz CT molecular complexity index is 1580. The van der Waals surface area contributed by atoms with Gasteiger partial charge in [0.1, 0.15) is 0 Å². The fourth-order valence-corrected chi connectivity index (χ4v) is 4.29. The molecule has 0 atom stereocenters. The van der Waals surface area contributed by atoms with Gasteiger partial charge in [0.05, 0.1) is 23.0 Å². The Kier molecular flexibility index (Phi) is 8.70. The van der Waals surface area contributed by atoms with Crippen LogP contribution in [0, 0.1) is 11.3 Å². The second kappa shape index (κ2) is 12.2. The number of carbonyl (C=O) groups is 1. The highest BCUT2D eigenvalue weighted by Gasteiger charge is 2.30. The Balaban J connectivity index is 1.71. The number of unbranched alkanes of at least 4 members (excludes halogenated alkanes) is 2. The van der Waals surface area contributed by atoms with E-state index in [4.69, 9.17) is 5.26 Å². The quantitative estimate of drug-likeness (QED) is 0.285. The van der Waals surface area contributed by atoms with Crippen LogP contribution >= 0.6 is 0 Å². The smallest absolute Gasteiger partial charge is 0.351 e. The third kappa shape index (κ3) is 6.58. The second-order valence-electron chi connectivity index (χ2n) is 9.64. The number of halogens is 3. The number of alkyl halides is 3. The lowest BCUT2D eigenvalue weighted by molar-refractivity contribution is -0.137. The molecule has 0 aliphatic heterocycles. The lowest BCUT2D eigenvalue weighted by Gasteiger charge is -2.15. The Morgan fingerprint density at radius 1 is 1.05 bits per heavy atom. The number of hydrogen-bond donors (Lipinski definition) is 1. The molecule has 8 nitrogen and oxygen atoms in total. The van der Waals surface area contributed by atoms with Crippen LogP contribution in [0.2, 0.25) is 0 Å². The van der Waals surface area contributed by atoms with Crippen LogP contribution in [0.4, 0.5) is 13.2 Å². The predicted molar refractivity (Wildman–Crippen MR) is 146 cm³/mol. The van der Waals surface area contributed by atoms with E-state index in [1.54, 1.807) is 24.3 Å². The number of rotatable bonds is 10. The highest BCUT2D eigenvalue weighted by molar-refractivity contribution is 5.94. The number of nitrogens with one attached hydrogen (secondary N) is 1. The summed E-state index contributed by atoms with van der Waals surface area (Å²) in [4.78, 5) is 32.2. The van der Waals surface area contributed by atoms with E-state index < -0.39 is 11.7 Å². The number of hydrogen-bond acceptors (Lipinski definition) is 5. The topological polar surface area (TPSA) is 95.4 Å². The molecule has 1 amide bonds. The number of aryl methyl sites for hydroxylation is 1. The maximum absolute atomic E-state index is 13.1. The molecule has 0 radical (unpaired) electrons.